The van der Waals surface area contributed by atoms with Gasteiger partial charge in [-0.15, -0.1) is 0 Å². The predicted molar refractivity (Wildman–Crippen MR) is 76.0 cm³/mol. The van der Waals surface area contributed by atoms with E-state index < -0.39 is 4.92 Å². The Balaban J connectivity index is 2.01. The first-order valence-corrected chi connectivity index (χ1v) is 6.00. The molecule has 0 N–H and O–H groups in total. The summed E-state index contributed by atoms with van der Waals surface area (Å²) < 4.78 is 5.19. The first-order chi connectivity index (χ1) is 9.74. The van der Waals surface area contributed by atoms with Gasteiger partial charge in [0.1, 0.15) is 5.76 Å². The van der Waals surface area contributed by atoms with Crippen molar-refractivity contribution < 1.29 is 9.34 Å². The van der Waals surface area contributed by atoms with Crippen LogP contribution in [0, 0.1) is 10.1 Å². The van der Waals surface area contributed by atoms with Crippen LogP contribution in [0.3, 0.4) is 0 Å². The van der Waals surface area contributed by atoms with Crippen molar-refractivity contribution in [2.24, 2.45) is 0 Å². The number of hydrogen-bond donors (Lipinski definition) is 0. The monoisotopic (exact) mass is 266 g/mol. The van der Waals surface area contributed by atoms with Crippen LogP contribution in [0.15, 0.2) is 53.1 Å². The zero-order chi connectivity index (χ0) is 13.9. The van der Waals surface area contributed by atoms with Crippen molar-refractivity contribution in [3.05, 3.63) is 70.3 Å². The van der Waals surface area contributed by atoms with Gasteiger partial charge >= 0.3 is 0 Å². The van der Waals surface area contributed by atoms with Crippen LogP contribution in [0.25, 0.3) is 23.1 Å². The van der Waals surface area contributed by atoms with Crippen molar-refractivity contribution in [3.63, 3.8) is 0 Å². The molecular formula is C15H10N2O3. The molecule has 98 valence electrons. The van der Waals surface area contributed by atoms with Gasteiger partial charge in [-0.05, 0) is 42.5 Å². The Bertz CT molecular complexity index is 792. The van der Waals surface area contributed by atoms with Crippen molar-refractivity contribution in [3.8, 4) is 0 Å². The van der Waals surface area contributed by atoms with Gasteiger partial charge in [0, 0.05) is 6.07 Å². The van der Waals surface area contributed by atoms with E-state index in [1.807, 2.05) is 6.07 Å². The number of nitrogens with zero attached hydrogens (tertiary/aromatic N) is 2. The lowest BCUT2D eigenvalue weighted by molar-refractivity contribution is -0.383. The number of pyridine rings is 1. The Morgan fingerprint density at radius 1 is 1.10 bits per heavy atom. The molecule has 0 fully saturated rings. The van der Waals surface area contributed by atoms with Crippen LogP contribution in [-0.2, 0) is 0 Å². The van der Waals surface area contributed by atoms with Crippen LogP contribution in [-0.4, -0.2) is 9.91 Å². The van der Waals surface area contributed by atoms with Gasteiger partial charge in [0.05, 0.1) is 27.8 Å². The minimum absolute atomic E-state index is 0.0663. The van der Waals surface area contributed by atoms with Crippen molar-refractivity contribution in [1.82, 2.24) is 4.98 Å². The Hall–Kier alpha value is -2.95. The molecule has 3 aromatic rings. The van der Waals surface area contributed by atoms with Crippen LogP contribution < -0.4 is 0 Å². The summed E-state index contributed by atoms with van der Waals surface area (Å²) in [6, 6.07) is 12.0. The lowest BCUT2D eigenvalue weighted by atomic mass is 10.1. The topological polar surface area (TPSA) is 69.2 Å². The second kappa shape index (κ2) is 4.97. The summed E-state index contributed by atoms with van der Waals surface area (Å²) in [4.78, 5) is 14.9. The third-order valence-electron chi connectivity index (χ3n) is 2.89. The molecule has 2 aromatic heterocycles. The minimum Gasteiger partial charge on any atom is -0.465 e. The smallest absolute Gasteiger partial charge is 0.278 e. The molecule has 0 unspecified atom stereocenters. The molecule has 0 atom stereocenters. The van der Waals surface area contributed by atoms with Crippen molar-refractivity contribution in [2.75, 3.05) is 0 Å². The largest absolute Gasteiger partial charge is 0.465 e. The standard InChI is InChI=1S/C15H10N2O3/c18-17(19)15-5-1-4-14-13(15)9-7-11(16-14)6-8-12-3-2-10-20-12/h1-10H. The maximum absolute atomic E-state index is 10.9. The molecular weight excluding hydrogens is 256 g/mol. The quantitative estimate of drug-likeness (QED) is 0.532. The van der Waals surface area contributed by atoms with Crippen molar-refractivity contribution >= 4 is 28.7 Å². The van der Waals surface area contributed by atoms with Crippen LogP contribution >= 0.6 is 0 Å². The molecule has 0 radical (unpaired) electrons. The number of benzene rings is 1. The van der Waals surface area contributed by atoms with Gasteiger partial charge in [0.15, 0.2) is 0 Å². The number of non-ortho nitro benzene ring substituents is 1. The highest BCUT2D eigenvalue weighted by Crippen LogP contribution is 2.24. The lowest BCUT2D eigenvalue weighted by Gasteiger charge is -2.00. The molecule has 0 amide bonds. The van der Waals surface area contributed by atoms with E-state index in [1.165, 1.54) is 6.07 Å². The average molecular weight is 266 g/mol. The molecule has 5 nitrogen and oxygen atoms in total. The predicted octanol–water partition coefficient (Wildman–Crippen LogP) is 3.91. The van der Waals surface area contributed by atoms with E-state index in [1.54, 1.807) is 48.7 Å². The molecule has 2 heterocycles. The highest BCUT2D eigenvalue weighted by molar-refractivity contribution is 5.88. The maximum atomic E-state index is 10.9. The first kappa shape index (κ1) is 12.1. The van der Waals surface area contributed by atoms with E-state index in [0.29, 0.717) is 10.9 Å². The molecule has 5 heteroatoms. The van der Waals surface area contributed by atoms with E-state index in [2.05, 4.69) is 4.98 Å². The number of rotatable bonds is 3. The molecule has 1 aromatic carbocycles. The molecule has 0 spiro atoms. The molecule has 20 heavy (non-hydrogen) atoms. The van der Waals surface area contributed by atoms with Crippen molar-refractivity contribution in [1.29, 1.82) is 0 Å². The van der Waals surface area contributed by atoms with E-state index in [0.717, 1.165) is 11.5 Å². The zero-order valence-corrected chi connectivity index (χ0v) is 10.4. The number of aromatic nitrogens is 1. The second-order valence-electron chi connectivity index (χ2n) is 4.19. The molecule has 0 saturated carbocycles. The van der Waals surface area contributed by atoms with Gasteiger partial charge < -0.3 is 4.42 Å². The molecule has 0 aliphatic rings. The number of hydrogen-bond acceptors (Lipinski definition) is 4. The van der Waals surface area contributed by atoms with E-state index in [4.69, 9.17) is 4.42 Å². The number of nitro groups is 1. The summed E-state index contributed by atoms with van der Waals surface area (Å²) in [6.07, 6.45) is 5.19. The Morgan fingerprint density at radius 3 is 2.75 bits per heavy atom. The fourth-order valence-electron chi connectivity index (χ4n) is 1.96. The second-order valence-corrected chi connectivity index (χ2v) is 4.19. The summed E-state index contributed by atoms with van der Waals surface area (Å²) in [6.45, 7) is 0. The molecule has 0 bridgehead atoms. The maximum Gasteiger partial charge on any atom is 0.278 e. The van der Waals surface area contributed by atoms with Gasteiger partial charge in [0.25, 0.3) is 5.69 Å². The third-order valence-corrected chi connectivity index (χ3v) is 2.89. The molecule has 3 rings (SSSR count). The zero-order valence-electron chi connectivity index (χ0n) is 10.4. The number of nitro benzene ring substituents is 1. The first-order valence-electron chi connectivity index (χ1n) is 6.00. The Morgan fingerprint density at radius 2 is 2.00 bits per heavy atom. The van der Waals surface area contributed by atoms with Gasteiger partial charge in [-0.2, -0.15) is 0 Å². The highest BCUT2D eigenvalue weighted by atomic mass is 16.6. The normalized spacial score (nSPS) is 11.2. The summed E-state index contributed by atoms with van der Waals surface area (Å²) in [5.41, 5.74) is 1.38. The fraction of sp³-hybridized carbons (Fsp3) is 0. The number of fused-ring (bicyclic) bond motifs is 1. The summed E-state index contributed by atoms with van der Waals surface area (Å²) >= 11 is 0. The molecule has 0 saturated heterocycles. The molecule has 0 aliphatic heterocycles. The third kappa shape index (κ3) is 2.29. The van der Waals surface area contributed by atoms with Gasteiger partial charge in [0.2, 0.25) is 0 Å². The molecule has 0 aliphatic carbocycles. The number of furan rings is 1. The van der Waals surface area contributed by atoms with E-state index in [-0.39, 0.29) is 5.69 Å². The Labute approximate surface area is 114 Å². The van der Waals surface area contributed by atoms with E-state index in [9.17, 15) is 10.1 Å². The average Bonchev–Trinajstić information content (AvgIpc) is 2.97. The van der Waals surface area contributed by atoms with Crippen LogP contribution in [0.2, 0.25) is 0 Å². The minimum atomic E-state index is -0.400. The SMILES string of the molecule is O=[N+]([O-])c1cccc2nc(C=Cc3ccco3)ccc12. The lowest BCUT2D eigenvalue weighted by Crippen LogP contribution is -1.91. The Kier molecular flexibility index (Phi) is 3.01. The van der Waals surface area contributed by atoms with Gasteiger partial charge in [-0.1, -0.05) is 6.07 Å². The van der Waals surface area contributed by atoms with Crippen LogP contribution in [0.4, 0.5) is 5.69 Å². The van der Waals surface area contributed by atoms with Gasteiger partial charge in [-0.25, -0.2) is 4.98 Å². The van der Waals surface area contributed by atoms with E-state index >= 15 is 0 Å². The highest BCUT2D eigenvalue weighted by Gasteiger charge is 2.11. The van der Waals surface area contributed by atoms with Crippen molar-refractivity contribution in [2.45, 2.75) is 0 Å². The summed E-state index contributed by atoms with van der Waals surface area (Å²) in [5.74, 6) is 0.728. The van der Waals surface area contributed by atoms with Crippen LogP contribution in [0.5, 0.6) is 0 Å². The van der Waals surface area contributed by atoms with Crippen LogP contribution in [0.1, 0.15) is 11.5 Å². The summed E-state index contributed by atoms with van der Waals surface area (Å²) in [7, 11) is 0. The van der Waals surface area contributed by atoms with Gasteiger partial charge in [-0.3, -0.25) is 10.1 Å². The fourth-order valence-corrected chi connectivity index (χ4v) is 1.96. The summed E-state index contributed by atoms with van der Waals surface area (Å²) in [5, 5.41) is 11.5.